The van der Waals surface area contributed by atoms with Crippen molar-refractivity contribution in [3.63, 3.8) is 0 Å². The lowest BCUT2D eigenvalue weighted by Gasteiger charge is -2.13. The molecule has 0 spiro atoms. The fourth-order valence-corrected chi connectivity index (χ4v) is 3.84. The van der Waals surface area contributed by atoms with E-state index in [1.54, 1.807) is 0 Å². The average Bonchev–Trinajstić information content (AvgIpc) is 3.09. The summed E-state index contributed by atoms with van der Waals surface area (Å²) in [5.74, 6) is 0.921. The Morgan fingerprint density at radius 3 is 2.46 bits per heavy atom. The smallest absolute Gasteiger partial charge is 0.233 e. The van der Waals surface area contributed by atoms with Crippen LogP contribution in [-0.4, -0.2) is 25.9 Å². The molecule has 0 saturated heterocycles. The number of nitrogens with zero attached hydrogens (tertiary/aromatic N) is 3. The van der Waals surface area contributed by atoms with Crippen molar-refractivity contribution in [1.82, 2.24) is 20.1 Å². The molecule has 0 bridgehead atoms. The summed E-state index contributed by atoms with van der Waals surface area (Å²) in [5.41, 5.74) is 3.51. The first-order valence-corrected chi connectivity index (χ1v) is 10.4. The Morgan fingerprint density at radius 2 is 1.79 bits per heavy atom. The lowest BCUT2D eigenvalue weighted by Crippen LogP contribution is -2.30. The average molecular weight is 395 g/mol. The predicted molar refractivity (Wildman–Crippen MR) is 113 cm³/mol. The minimum atomic E-state index is -0.246. The topological polar surface area (TPSA) is 59.8 Å². The van der Waals surface area contributed by atoms with Crippen LogP contribution in [0.5, 0.6) is 0 Å². The highest BCUT2D eigenvalue weighted by Crippen LogP contribution is 2.23. The van der Waals surface area contributed by atoms with Gasteiger partial charge in [0.15, 0.2) is 5.16 Å². The van der Waals surface area contributed by atoms with Crippen molar-refractivity contribution in [2.75, 3.05) is 0 Å². The number of carbonyl (C=O) groups is 1. The van der Waals surface area contributed by atoms with Crippen molar-refractivity contribution in [3.05, 3.63) is 77.1 Å². The second kappa shape index (κ2) is 9.55. The second-order valence-electron chi connectivity index (χ2n) is 6.77. The van der Waals surface area contributed by atoms with Gasteiger partial charge in [-0.2, -0.15) is 0 Å². The van der Waals surface area contributed by atoms with Crippen LogP contribution in [0.2, 0.25) is 0 Å². The maximum absolute atomic E-state index is 12.5. The normalized spacial score (nSPS) is 12.0. The summed E-state index contributed by atoms with van der Waals surface area (Å²) in [6.07, 6.45) is 0.732. The van der Waals surface area contributed by atoms with E-state index >= 15 is 0 Å². The Balaban J connectivity index is 1.60. The van der Waals surface area contributed by atoms with Crippen LogP contribution in [0, 0.1) is 6.92 Å². The van der Waals surface area contributed by atoms with Gasteiger partial charge in [-0.15, -0.1) is 10.2 Å². The van der Waals surface area contributed by atoms with Crippen LogP contribution in [0.4, 0.5) is 0 Å². The highest BCUT2D eigenvalue weighted by atomic mass is 32.2. The molecule has 0 radical (unpaired) electrons. The third kappa shape index (κ3) is 5.23. The van der Waals surface area contributed by atoms with Gasteiger partial charge in [0, 0.05) is 19.5 Å². The van der Waals surface area contributed by atoms with E-state index in [-0.39, 0.29) is 11.2 Å². The molecule has 0 saturated carbocycles. The molecule has 0 aliphatic rings. The van der Waals surface area contributed by atoms with Crippen molar-refractivity contribution >= 4 is 17.7 Å². The number of nitrogens with one attached hydrogen (secondary N) is 1. The van der Waals surface area contributed by atoms with Gasteiger partial charge in [-0.05, 0) is 31.9 Å². The zero-order valence-corrected chi connectivity index (χ0v) is 17.4. The number of thioether (sulfide) groups is 1. The highest BCUT2D eigenvalue weighted by molar-refractivity contribution is 8.00. The Bertz CT molecular complexity index is 906. The first kappa shape index (κ1) is 20.1. The van der Waals surface area contributed by atoms with E-state index in [1.165, 1.54) is 22.9 Å². The summed E-state index contributed by atoms with van der Waals surface area (Å²) in [4.78, 5) is 12.5. The fraction of sp³-hybridized carbons (Fsp3) is 0.318. The molecule has 3 aromatic rings. The summed E-state index contributed by atoms with van der Waals surface area (Å²) in [7, 11) is 0. The van der Waals surface area contributed by atoms with Crippen LogP contribution >= 0.6 is 11.8 Å². The van der Waals surface area contributed by atoms with Crippen molar-refractivity contribution in [2.24, 2.45) is 0 Å². The molecule has 0 aliphatic heterocycles. The SMILES string of the molecule is CCn1c(Cc2ccccc2)nnc1SC(C)C(=O)NCc1ccc(C)cc1. The molecule has 2 aromatic carbocycles. The zero-order chi connectivity index (χ0) is 19.9. The van der Waals surface area contributed by atoms with Crippen molar-refractivity contribution in [3.8, 4) is 0 Å². The lowest BCUT2D eigenvalue weighted by molar-refractivity contribution is -0.120. The predicted octanol–water partition coefficient (Wildman–Crippen LogP) is 3.99. The van der Waals surface area contributed by atoms with Crippen LogP contribution in [0.3, 0.4) is 0 Å². The standard InChI is InChI=1S/C22H26N4OS/c1-4-26-20(14-18-8-6-5-7-9-18)24-25-22(26)28-17(3)21(27)23-15-19-12-10-16(2)11-13-19/h5-13,17H,4,14-15H2,1-3H3,(H,23,27). The van der Waals surface area contributed by atoms with Gasteiger partial charge in [-0.1, -0.05) is 71.9 Å². The third-order valence-electron chi connectivity index (χ3n) is 4.55. The Hall–Kier alpha value is -2.60. The quantitative estimate of drug-likeness (QED) is 0.587. The minimum Gasteiger partial charge on any atom is -0.351 e. The third-order valence-corrected chi connectivity index (χ3v) is 5.63. The molecular formula is C22H26N4OS. The molecule has 1 atom stereocenters. The van der Waals surface area contributed by atoms with E-state index in [0.717, 1.165) is 29.5 Å². The molecule has 3 rings (SSSR count). The summed E-state index contributed by atoms with van der Waals surface area (Å²) >= 11 is 1.45. The second-order valence-corrected chi connectivity index (χ2v) is 8.08. The van der Waals surface area contributed by atoms with Gasteiger partial charge in [-0.3, -0.25) is 4.79 Å². The number of aryl methyl sites for hydroxylation is 1. The molecule has 5 nitrogen and oxygen atoms in total. The van der Waals surface area contributed by atoms with Crippen LogP contribution < -0.4 is 5.32 Å². The number of hydrogen-bond donors (Lipinski definition) is 1. The Morgan fingerprint density at radius 1 is 1.07 bits per heavy atom. The molecule has 6 heteroatoms. The maximum Gasteiger partial charge on any atom is 0.233 e. The van der Waals surface area contributed by atoms with Gasteiger partial charge < -0.3 is 9.88 Å². The van der Waals surface area contributed by atoms with Crippen LogP contribution in [-0.2, 0) is 24.3 Å². The molecule has 1 amide bonds. The van der Waals surface area contributed by atoms with Gasteiger partial charge in [0.2, 0.25) is 5.91 Å². The first-order valence-electron chi connectivity index (χ1n) is 9.52. The number of rotatable bonds is 8. The monoisotopic (exact) mass is 394 g/mol. The number of carbonyl (C=O) groups excluding carboxylic acids is 1. The van der Waals surface area contributed by atoms with Gasteiger partial charge in [0.05, 0.1) is 5.25 Å². The zero-order valence-electron chi connectivity index (χ0n) is 16.6. The van der Waals surface area contributed by atoms with E-state index in [1.807, 2.05) is 37.3 Å². The number of aromatic nitrogens is 3. The maximum atomic E-state index is 12.5. The van der Waals surface area contributed by atoms with Crippen LogP contribution in [0.25, 0.3) is 0 Å². The lowest BCUT2D eigenvalue weighted by atomic mass is 10.1. The van der Waals surface area contributed by atoms with Gasteiger partial charge >= 0.3 is 0 Å². The Kier molecular flexibility index (Phi) is 6.87. The molecule has 0 fully saturated rings. The van der Waals surface area contributed by atoms with Gasteiger partial charge in [0.1, 0.15) is 5.82 Å². The number of amides is 1. The van der Waals surface area contributed by atoms with Crippen molar-refractivity contribution in [2.45, 2.75) is 50.7 Å². The van der Waals surface area contributed by atoms with E-state index in [9.17, 15) is 4.79 Å². The van der Waals surface area contributed by atoms with Crippen LogP contribution in [0.15, 0.2) is 59.8 Å². The van der Waals surface area contributed by atoms with Gasteiger partial charge in [-0.25, -0.2) is 0 Å². The van der Waals surface area contributed by atoms with Crippen LogP contribution in [0.1, 0.15) is 36.4 Å². The molecule has 1 aromatic heterocycles. The van der Waals surface area contributed by atoms with E-state index in [4.69, 9.17) is 0 Å². The van der Waals surface area contributed by atoms with E-state index in [0.29, 0.717) is 6.54 Å². The van der Waals surface area contributed by atoms with Gasteiger partial charge in [0.25, 0.3) is 0 Å². The van der Waals surface area contributed by atoms with E-state index in [2.05, 4.69) is 58.2 Å². The summed E-state index contributed by atoms with van der Waals surface area (Å²) in [6.45, 7) is 7.33. The molecule has 1 heterocycles. The number of hydrogen-bond acceptors (Lipinski definition) is 4. The highest BCUT2D eigenvalue weighted by Gasteiger charge is 2.19. The van der Waals surface area contributed by atoms with E-state index < -0.39 is 0 Å². The molecule has 146 valence electrons. The first-order chi connectivity index (χ1) is 13.6. The summed E-state index contributed by atoms with van der Waals surface area (Å²) in [6, 6.07) is 18.4. The molecule has 1 N–H and O–H groups in total. The largest absolute Gasteiger partial charge is 0.351 e. The van der Waals surface area contributed by atoms with Crippen molar-refractivity contribution < 1.29 is 4.79 Å². The molecular weight excluding hydrogens is 368 g/mol. The number of benzene rings is 2. The summed E-state index contributed by atoms with van der Waals surface area (Å²) in [5, 5.41) is 12.2. The fourth-order valence-electron chi connectivity index (χ4n) is 2.88. The molecule has 1 unspecified atom stereocenters. The van der Waals surface area contributed by atoms with Crippen molar-refractivity contribution in [1.29, 1.82) is 0 Å². The molecule has 28 heavy (non-hydrogen) atoms. The summed E-state index contributed by atoms with van der Waals surface area (Å²) < 4.78 is 2.08. The molecule has 0 aliphatic carbocycles. The Labute approximate surface area is 170 Å². The minimum absolute atomic E-state index is 0.000775.